The molecule has 0 spiro atoms. The van der Waals surface area contributed by atoms with Crippen LogP contribution in [0, 0.1) is 11.8 Å². The zero-order chi connectivity index (χ0) is 15.7. The summed E-state index contributed by atoms with van der Waals surface area (Å²) >= 11 is 0. The van der Waals surface area contributed by atoms with Gasteiger partial charge in [0.25, 0.3) is 0 Å². The van der Waals surface area contributed by atoms with Gasteiger partial charge in [-0.1, -0.05) is 50.8 Å². The Balaban J connectivity index is 2.67. The van der Waals surface area contributed by atoms with Crippen LogP contribution in [-0.2, 0) is 11.3 Å². The molecule has 0 saturated carbocycles. The summed E-state index contributed by atoms with van der Waals surface area (Å²) in [6, 6.07) is 7.82. The maximum absolute atomic E-state index is 9.40. The van der Waals surface area contributed by atoms with Crippen LogP contribution in [0.25, 0.3) is 0 Å². The Kier molecular flexibility index (Phi) is 7.80. The van der Waals surface area contributed by atoms with Crippen molar-refractivity contribution in [3.8, 4) is 5.75 Å². The minimum absolute atomic E-state index is 0.0340. The molecule has 0 bridgehead atoms. The van der Waals surface area contributed by atoms with Gasteiger partial charge in [-0.2, -0.15) is 0 Å². The van der Waals surface area contributed by atoms with Crippen molar-refractivity contribution in [2.45, 2.75) is 26.6 Å². The van der Waals surface area contributed by atoms with Gasteiger partial charge in [-0.3, -0.25) is 0 Å². The smallest absolute Gasteiger partial charge is 0.118 e. The van der Waals surface area contributed by atoms with Crippen molar-refractivity contribution in [3.63, 3.8) is 0 Å². The number of aliphatic hydroxyl groups excluding tert-OH is 1. The van der Waals surface area contributed by atoms with Crippen molar-refractivity contribution < 1.29 is 14.6 Å². The van der Waals surface area contributed by atoms with Gasteiger partial charge < -0.3 is 14.6 Å². The maximum Gasteiger partial charge on any atom is 0.118 e. The summed E-state index contributed by atoms with van der Waals surface area (Å²) in [7, 11) is 1.65. The molecule has 0 saturated heterocycles. The molecule has 3 heteroatoms. The van der Waals surface area contributed by atoms with E-state index in [0.29, 0.717) is 6.61 Å². The van der Waals surface area contributed by atoms with Crippen LogP contribution in [0.3, 0.4) is 0 Å². The fraction of sp³-hybridized carbons (Fsp3) is 0.444. The molecule has 1 aromatic rings. The van der Waals surface area contributed by atoms with Gasteiger partial charge >= 0.3 is 0 Å². The van der Waals surface area contributed by atoms with Gasteiger partial charge in [-0.25, -0.2) is 0 Å². The Labute approximate surface area is 127 Å². The predicted octanol–water partition coefficient (Wildman–Crippen LogP) is 3.59. The van der Waals surface area contributed by atoms with Gasteiger partial charge in [0, 0.05) is 18.4 Å². The number of hydrogen-bond acceptors (Lipinski definition) is 3. The second-order valence-corrected chi connectivity index (χ2v) is 5.26. The van der Waals surface area contributed by atoms with Crippen molar-refractivity contribution in [3.05, 3.63) is 54.6 Å². The molecule has 0 aliphatic carbocycles. The van der Waals surface area contributed by atoms with E-state index < -0.39 is 0 Å². The summed E-state index contributed by atoms with van der Waals surface area (Å²) in [6.45, 7) is 8.39. The quantitative estimate of drug-likeness (QED) is 0.706. The lowest BCUT2D eigenvalue weighted by Gasteiger charge is -2.27. The molecule has 0 radical (unpaired) electrons. The van der Waals surface area contributed by atoms with Crippen molar-refractivity contribution in [1.29, 1.82) is 0 Å². The average Bonchev–Trinajstić information content (AvgIpc) is 2.53. The first kappa shape index (κ1) is 17.5. The lowest BCUT2D eigenvalue weighted by atomic mass is 9.93. The first-order chi connectivity index (χ1) is 10.1. The first-order valence-corrected chi connectivity index (χ1v) is 7.27. The number of methoxy groups -OCH3 is 1. The molecule has 1 aromatic carbocycles. The highest BCUT2D eigenvalue weighted by atomic mass is 16.5. The summed E-state index contributed by atoms with van der Waals surface area (Å²) in [4.78, 5) is 0. The molecule has 0 amide bonds. The number of allylic oxidation sites excluding steroid dienone is 2. The first-order valence-electron chi connectivity index (χ1n) is 7.27. The second-order valence-electron chi connectivity index (χ2n) is 5.26. The van der Waals surface area contributed by atoms with E-state index in [0.717, 1.165) is 11.3 Å². The Morgan fingerprint density at radius 2 is 1.90 bits per heavy atom. The minimum atomic E-state index is -0.0340. The molecule has 3 atom stereocenters. The molecule has 3 unspecified atom stereocenters. The zero-order valence-corrected chi connectivity index (χ0v) is 13.2. The van der Waals surface area contributed by atoms with Crippen LogP contribution in [0.2, 0.25) is 0 Å². The Morgan fingerprint density at radius 3 is 2.43 bits per heavy atom. The van der Waals surface area contributed by atoms with Crippen LogP contribution in [0.5, 0.6) is 5.75 Å². The van der Waals surface area contributed by atoms with E-state index in [1.807, 2.05) is 37.3 Å². The van der Waals surface area contributed by atoms with Crippen molar-refractivity contribution in [1.82, 2.24) is 0 Å². The topological polar surface area (TPSA) is 38.7 Å². The second kappa shape index (κ2) is 9.37. The molecule has 1 N–H and O–H groups in total. The Bertz CT molecular complexity index is 436. The van der Waals surface area contributed by atoms with E-state index in [1.54, 1.807) is 13.2 Å². The van der Waals surface area contributed by atoms with Gasteiger partial charge in [-0.15, -0.1) is 0 Å². The van der Waals surface area contributed by atoms with E-state index in [-0.39, 0.29) is 24.5 Å². The van der Waals surface area contributed by atoms with E-state index in [9.17, 15) is 5.11 Å². The van der Waals surface area contributed by atoms with E-state index >= 15 is 0 Å². The standard InChI is InChI=1S/C18H26O3/c1-5-6-7-14(2)18(15(3)12-19)21-13-16-8-10-17(20-4)11-9-16/h5-11,14-15,18-19H,1,12-13H2,2-4H3/b7-6-. The highest BCUT2D eigenvalue weighted by molar-refractivity contribution is 5.26. The third-order valence-corrected chi connectivity index (χ3v) is 3.52. The summed E-state index contributed by atoms with van der Waals surface area (Å²) < 4.78 is 11.2. The molecule has 0 aliphatic rings. The van der Waals surface area contributed by atoms with Crippen LogP contribution in [-0.4, -0.2) is 24.9 Å². The van der Waals surface area contributed by atoms with E-state index in [2.05, 4.69) is 19.6 Å². The third kappa shape index (κ3) is 5.74. The molecule has 1 rings (SSSR count). The molecule has 3 nitrogen and oxygen atoms in total. The third-order valence-electron chi connectivity index (χ3n) is 3.52. The molecule has 0 heterocycles. The minimum Gasteiger partial charge on any atom is -0.497 e. The van der Waals surface area contributed by atoms with Gasteiger partial charge in [0.2, 0.25) is 0 Å². The highest BCUT2D eigenvalue weighted by Gasteiger charge is 2.22. The van der Waals surface area contributed by atoms with Crippen LogP contribution in [0.15, 0.2) is 49.1 Å². The summed E-state index contributed by atoms with van der Waals surface area (Å²) in [5.41, 5.74) is 1.09. The number of benzene rings is 1. The van der Waals surface area contributed by atoms with Crippen LogP contribution >= 0.6 is 0 Å². The number of hydrogen-bond donors (Lipinski definition) is 1. The molecule has 116 valence electrons. The molecule has 21 heavy (non-hydrogen) atoms. The lowest BCUT2D eigenvalue weighted by Crippen LogP contribution is -2.30. The summed E-state index contributed by atoms with van der Waals surface area (Å²) in [6.07, 6.45) is 5.69. The molecule has 0 aliphatic heterocycles. The van der Waals surface area contributed by atoms with E-state index in [1.165, 1.54) is 0 Å². The van der Waals surface area contributed by atoms with E-state index in [4.69, 9.17) is 9.47 Å². The largest absolute Gasteiger partial charge is 0.497 e. The van der Waals surface area contributed by atoms with Crippen LogP contribution in [0.1, 0.15) is 19.4 Å². The van der Waals surface area contributed by atoms with Gasteiger partial charge in [0.05, 0.1) is 19.8 Å². The molecule has 0 fully saturated rings. The highest BCUT2D eigenvalue weighted by Crippen LogP contribution is 2.21. The molecule has 0 aromatic heterocycles. The molecular weight excluding hydrogens is 264 g/mol. The average molecular weight is 290 g/mol. The van der Waals surface area contributed by atoms with Crippen LogP contribution < -0.4 is 4.74 Å². The summed E-state index contributed by atoms with van der Waals surface area (Å²) in [5, 5.41) is 9.40. The lowest BCUT2D eigenvalue weighted by molar-refractivity contribution is -0.0308. The number of aliphatic hydroxyl groups is 1. The van der Waals surface area contributed by atoms with Crippen LogP contribution in [0.4, 0.5) is 0 Å². The fourth-order valence-corrected chi connectivity index (χ4v) is 2.22. The van der Waals surface area contributed by atoms with Gasteiger partial charge in [0.1, 0.15) is 5.75 Å². The van der Waals surface area contributed by atoms with Gasteiger partial charge in [-0.05, 0) is 17.7 Å². The fourth-order valence-electron chi connectivity index (χ4n) is 2.22. The van der Waals surface area contributed by atoms with Crippen molar-refractivity contribution >= 4 is 0 Å². The Hall–Kier alpha value is -1.58. The number of rotatable bonds is 9. The maximum atomic E-state index is 9.40. The normalized spacial score (nSPS) is 15.6. The SMILES string of the molecule is C=C/C=C\C(C)C(OCc1ccc(OC)cc1)C(C)CO. The monoisotopic (exact) mass is 290 g/mol. The molecular formula is C18H26O3. The van der Waals surface area contributed by atoms with Gasteiger partial charge in [0.15, 0.2) is 0 Å². The predicted molar refractivity (Wildman–Crippen MR) is 86.3 cm³/mol. The number of ether oxygens (including phenoxy) is 2. The van der Waals surface area contributed by atoms with Crippen molar-refractivity contribution in [2.75, 3.05) is 13.7 Å². The van der Waals surface area contributed by atoms with Crippen molar-refractivity contribution in [2.24, 2.45) is 11.8 Å². The Morgan fingerprint density at radius 1 is 1.24 bits per heavy atom. The zero-order valence-electron chi connectivity index (χ0n) is 13.2. The summed E-state index contributed by atoms with van der Waals surface area (Å²) in [5.74, 6) is 1.12.